The number of nitrogens with zero attached hydrogens (tertiary/aromatic N) is 1. The summed E-state index contributed by atoms with van der Waals surface area (Å²) in [5.74, 6) is -0.411. The largest absolute Gasteiger partial charge is 0.462 e. The standard InChI is InChI=1S/C20H19ClN2O2/c1-4-25-20(24)16-11-22-18-13(3)9-14(21)10-15(18)19(16)23-17-8-6-5-7-12(17)2/h5-11H,4H2,1-3H3,(H,22,23). The molecular weight excluding hydrogens is 336 g/mol. The molecule has 1 heterocycles. The first kappa shape index (κ1) is 17.2. The molecule has 0 saturated carbocycles. The monoisotopic (exact) mass is 354 g/mol. The molecule has 128 valence electrons. The average molecular weight is 355 g/mol. The number of benzene rings is 2. The minimum atomic E-state index is -0.411. The van der Waals surface area contributed by atoms with Crippen molar-refractivity contribution in [3.05, 3.63) is 64.3 Å². The fourth-order valence-electron chi connectivity index (χ4n) is 2.78. The molecule has 0 fully saturated rings. The molecule has 5 heteroatoms. The Bertz CT molecular complexity index is 954. The number of esters is 1. The predicted molar refractivity (Wildman–Crippen MR) is 102 cm³/mol. The Hall–Kier alpha value is -2.59. The van der Waals surface area contributed by atoms with Crippen molar-refractivity contribution < 1.29 is 9.53 Å². The number of rotatable bonds is 4. The third-order valence-corrected chi connectivity index (χ3v) is 4.24. The van der Waals surface area contributed by atoms with Gasteiger partial charge in [-0.3, -0.25) is 4.98 Å². The summed E-state index contributed by atoms with van der Waals surface area (Å²) >= 11 is 6.25. The maximum Gasteiger partial charge on any atom is 0.341 e. The Morgan fingerprint density at radius 2 is 1.96 bits per heavy atom. The maximum atomic E-state index is 12.4. The second-order valence-electron chi connectivity index (χ2n) is 5.83. The molecule has 4 nitrogen and oxygen atoms in total. The number of carbonyl (C=O) groups excluding carboxylic acids is 1. The molecule has 1 N–H and O–H groups in total. The molecule has 0 aliphatic heterocycles. The minimum absolute atomic E-state index is 0.301. The van der Waals surface area contributed by atoms with Gasteiger partial charge in [0.25, 0.3) is 0 Å². The van der Waals surface area contributed by atoms with Crippen LogP contribution in [-0.4, -0.2) is 17.6 Å². The van der Waals surface area contributed by atoms with Gasteiger partial charge in [-0.2, -0.15) is 0 Å². The molecule has 0 unspecified atom stereocenters. The molecule has 25 heavy (non-hydrogen) atoms. The third kappa shape index (κ3) is 3.44. The predicted octanol–water partition coefficient (Wildman–Crippen LogP) is 5.43. The second-order valence-corrected chi connectivity index (χ2v) is 6.26. The number of aryl methyl sites for hydroxylation is 2. The zero-order valence-electron chi connectivity index (χ0n) is 14.4. The molecule has 0 amide bonds. The summed E-state index contributed by atoms with van der Waals surface area (Å²) < 4.78 is 5.19. The van der Waals surface area contributed by atoms with E-state index >= 15 is 0 Å². The first-order valence-corrected chi connectivity index (χ1v) is 8.47. The van der Waals surface area contributed by atoms with Gasteiger partial charge >= 0.3 is 5.97 Å². The van der Waals surface area contributed by atoms with Crippen LogP contribution in [0.3, 0.4) is 0 Å². The number of halogens is 1. The van der Waals surface area contributed by atoms with E-state index in [1.165, 1.54) is 0 Å². The van der Waals surface area contributed by atoms with Crippen molar-refractivity contribution >= 4 is 39.8 Å². The van der Waals surface area contributed by atoms with Crippen molar-refractivity contribution in [2.45, 2.75) is 20.8 Å². The van der Waals surface area contributed by atoms with Crippen LogP contribution >= 0.6 is 11.6 Å². The van der Waals surface area contributed by atoms with Gasteiger partial charge in [-0.15, -0.1) is 0 Å². The maximum absolute atomic E-state index is 12.4. The minimum Gasteiger partial charge on any atom is -0.462 e. The molecular formula is C20H19ClN2O2. The van der Waals surface area contributed by atoms with Crippen molar-refractivity contribution in [3.63, 3.8) is 0 Å². The second kappa shape index (κ2) is 7.11. The van der Waals surface area contributed by atoms with Gasteiger partial charge in [0.2, 0.25) is 0 Å². The lowest BCUT2D eigenvalue weighted by Gasteiger charge is -2.16. The molecule has 0 saturated heterocycles. The number of ether oxygens (including phenoxy) is 1. The quantitative estimate of drug-likeness (QED) is 0.635. The highest BCUT2D eigenvalue weighted by atomic mass is 35.5. The highest BCUT2D eigenvalue weighted by molar-refractivity contribution is 6.31. The molecule has 3 rings (SSSR count). The van der Waals surface area contributed by atoms with Crippen molar-refractivity contribution in [1.29, 1.82) is 0 Å². The summed E-state index contributed by atoms with van der Waals surface area (Å²) in [7, 11) is 0. The van der Waals surface area contributed by atoms with Crippen LogP contribution in [0.25, 0.3) is 10.9 Å². The Labute approximate surface area is 151 Å². The van der Waals surface area contributed by atoms with E-state index in [0.29, 0.717) is 22.9 Å². The summed E-state index contributed by atoms with van der Waals surface area (Å²) in [6.07, 6.45) is 1.56. The Morgan fingerprint density at radius 3 is 2.68 bits per heavy atom. The smallest absolute Gasteiger partial charge is 0.341 e. The van der Waals surface area contributed by atoms with Crippen LogP contribution in [-0.2, 0) is 4.74 Å². The van der Waals surface area contributed by atoms with Crippen LogP contribution in [0.15, 0.2) is 42.6 Å². The van der Waals surface area contributed by atoms with Gasteiger partial charge in [0.1, 0.15) is 5.56 Å². The summed E-state index contributed by atoms with van der Waals surface area (Å²) in [5.41, 5.74) is 4.78. The Morgan fingerprint density at radius 1 is 1.20 bits per heavy atom. The van der Waals surface area contributed by atoms with E-state index in [2.05, 4.69) is 10.3 Å². The number of carbonyl (C=O) groups is 1. The first-order valence-electron chi connectivity index (χ1n) is 8.10. The van der Waals surface area contributed by atoms with Crippen LogP contribution < -0.4 is 5.32 Å². The molecule has 0 aliphatic carbocycles. The fraction of sp³-hybridized carbons (Fsp3) is 0.200. The Kier molecular flexibility index (Phi) is 4.91. The number of pyridine rings is 1. The molecule has 3 aromatic rings. The molecule has 1 aromatic heterocycles. The lowest BCUT2D eigenvalue weighted by atomic mass is 10.0. The van der Waals surface area contributed by atoms with E-state index in [1.54, 1.807) is 13.1 Å². The van der Waals surface area contributed by atoms with Crippen LogP contribution in [0.5, 0.6) is 0 Å². The zero-order valence-corrected chi connectivity index (χ0v) is 15.1. The Balaban J connectivity index is 2.25. The lowest BCUT2D eigenvalue weighted by molar-refractivity contribution is 0.0527. The van der Waals surface area contributed by atoms with Crippen molar-refractivity contribution in [1.82, 2.24) is 4.98 Å². The number of aromatic nitrogens is 1. The van der Waals surface area contributed by atoms with E-state index in [-0.39, 0.29) is 0 Å². The zero-order chi connectivity index (χ0) is 18.0. The molecule has 0 spiro atoms. The van der Waals surface area contributed by atoms with Gasteiger partial charge in [0, 0.05) is 22.3 Å². The van der Waals surface area contributed by atoms with Crippen LogP contribution in [0.4, 0.5) is 11.4 Å². The third-order valence-electron chi connectivity index (χ3n) is 4.03. The highest BCUT2D eigenvalue weighted by Crippen LogP contribution is 2.34. The first-order chi connectivity index (χ1) is 12.0. The van der Waals surface area contributed by atoms with Gasteiger partial charge in [0.05, 0.1) is 17.8 Å². The van der Waals surface area contributed by atoms with Crippen molar-refractivity contribution in [2.75, 3.05) is 11.9 Å². The number of nitrogens with one attached hydrogen (secondary N) is 1. The van der Waals surface area contributed by atoms with Crippen LogP contribution in [0, 0.1) is 13.8 Å². The average Bonchev–Trinajstić information content (AvgIpc) is 2.57. The summed E-state index contributed by atoms with van der Waals surface area (Å²) in [6.45, 7) is 6.04. The van der Waals surface area contributed by atoms with Gasteiger partial charge in [-0.1, -0.05) is 29.8 Å². The van der Waals surface area contributed by atoms with Crippen molar-refractivity contribution in [3.8, 4) is 0 Å². The number of hydrogen-bond acceptors (Lipinski definition) is 4. The molecule has 0 aliphatic rings. The number of anilines is 2. The van der Waals surface area contributed by atoms with Crippen LogP contribution in [0.2, 0.25) is 5.02 Å². The van der Waals surface area contributed by atoms with Crippen molar-refractivity contribution in [2.24, 2.45) is 0 Å². The van der Waals surface area contributed by atoms with Gasteiger partial charge in [-0.25, -0.2) is 4.79 Å². The number of hydrogen-bond donors (Lipinski definition) is 1. The molecule has 0 radical (unpaired) electrons. The lowest BCUT2D eigenvalue weighted by Crippen LogP contribution is -2.10. The van der Waals surface area contributed by atoms with E-state index in [9.17, 15) is 4.79 Å². The number of fused-ring (bicyclic) bond motifs is 1. The van der Waals surface area contributed by atoms with E-state index in [4.69, 9.17) is 16.3 Å². The molecule has 2 aromatic carbocycles. The number of para-hydroxylation sites is 1. The van der Waals surface area contributed by atoms with Crippen LogP contribution in [0.1, 0.15) is 28.4 Å². The topological polar surface area (TPSA) is 51.2 Å². The van der Waals surface area contributed by atoms with E-state index < -0.39 is 5.97 Å². The van der Waals surface area contributed by atoms with Gasteiger partial charge < -0.3 is 10.1 Å². The normalized spacial score (nSPS) is 10.7. The SMILES string of the molecule is CCOC(=O)c1cnc2c(C)cc(Cl)cc2c1Nc1ccccc1C. The van der Waals surface area contributed by atoms with Gasteiger partial charge in [-0.05, 0) is 50.1 Å². The molecule has 0 atom stereocenters. The summed E-state index contributed by atoms with van der Waals surface area (Å²) in [5, 5.41) is 4.77. The molecule has 0 bridgehead atoms. The van der Waals surface area contributed by atoms with Gasteiger partial charge in [0.15, 0.2) is 0 Å². The van der Waals surface area contributed by atoms with E-state index in [0.717, 1.165) is 27.7 Å². The summed E-state index contributed by atoms with van der Waals surface area (Å²) in [4.78, 5) is 16.9. The highest BCUT2D eigenvalue weighted by Gasteiger charge is 2.18. The van der Waals surface area contributed by atoms with E-state index in [1.807, 2.05) is 50.2 Å². The fourth-order valence-corrected chi connectivity index (χ4v) is 3.06. The summed E-state index contributed by atoms with van der Waals surface area (Å²) in [6, 6.07) is 11.6.